The van der Waals surface area contributed by atoms with E-state index in [1.807, 2.05) is 76.2 Å². The third kappa shape index (κ3) is 7.31. The highest BCUT2D eigenvalue weighted by atomic mass is 35.5. The first-order valence-electron chi connectivity index (χ1n) is 8.84. The molecule has 4 N–H and O–H groups in total. The highest BCUT2D eigenvalue weighted by Crippen LogP contribution is 2.15. The van der Waals surface area contributed by atoms with Gasteiger partial charge in [-0.2, -0.15) is 0 Å². The SMILES string of the molecule is CC(C)N=C(N)c1ccc(COc2ccc(C(N)=NC(C)C)cc2)cc1.Cl. The second-order valence-corrected chi connectivity index (χ2v) is 6.73. The average Bonchev–Trinajstić information content (AvgIpc) is 2.59. The molecular weight excluding hydrogens is 360 g/mol. The minimum absolute atomic E-state index is 0. The van der Waals surface area contributed by atoms with Crippen molar-refractivity contribution in [2.75, 3.05) is 0 Å². The van der Waals surface area contributed by atoms with Gasteiger partial charge in [-0.05, 0) is 57.5 Å². The van der Waals surface area contributed by atoms with E-state index in [9.17, 15) is 0 Å². The van der Waals surface area contributed by atoms with Crippen molar-refractivity contribution >= 4 is 24.1 Å². The van der Waals surface area contributed by atoms with Gasteiger partial charge in [-0.25, -0.2) is 0 Å². The molecule has 0 heterocycles. The van der Waals surface area contributed by atoms with Crippen molar-refractivity contribution in [1.82, 2.24) is 0 Å². The van der Waals surface area contributed by atoms with Crippen molar-refractivity contribution in [3.8, 4) is 5.75 Å². The van der Waals surface area contributed by atoms with Crippen LogP contribution >= 0.6 is 12.4 Å². The second kappa shape index (κ2) is 10.6. The molecule has 0 spiro atoms. The zero-order chi connectivity index (χ0) is 19.1. The molecule has 27 heavy (non-hydrogen) atoms. The minimum Gasteiger partial charge on any atom is -0.489 e. The average molecular weight is 389 g/mol. The summed E-state index contributed by atoms with van der Waals surface area (Å²) in [5, 5.41) is 0. The van der Waals surface area contributed by atoms with Crippen LogP contribution in [-0.2, 0) is 6.61 Å². The van der Waals surface area contributed by atoms with E-state index in [0.29, 0.717) is 18.3 Å². The van der Waals surface area contributed by atoms with Gasteiger partial charge in [-0.3, -0.25) is 9.98 Å². The topological polar surface area (TPSA) is 86.0 Å². The molecule has 0 bridgehead atoms. The number of rotatable bonds is 7. The van der Waals surface area contributed by atoms with Crippen molar-refractivity contribution in [2.45, 2.75) is 46.4 Å². The number of ether oxygens (including phenoxy) is 1. The van der Waals surface area contributed by atoms with E-state index in [-0.39, 0.29) is 24.5 Å². The summed E-state index contributed by atoms with van der Waals surface area (Å²) < 4.78 is 5.83. The summed E-state index contributed by atoms with van der Waals surface area (Å²) in [6.07, 6.45) is 0. The van der Waals surface area contributed by atoms with E-state index < -0.39 is 0 Å². The van der Waals surface area contributed by atoms with Crippen LogP contribution in [0.4, 0.5) is 0 Å². The van der Waals surface area contributed by atoms with Crippen LogP contribution in [0.25, 0.3) is 0 Å². The summed E-state index contributed by atoms with van der Waals surface area (Å²) in [7, 11) is 0. The van der Waals surface area contributed by atoms with E-state index in [1.165, 1.54) is 0 Å². The molecule has 0 saturated carbocycles. The van der Waals surface area contributed by atoms with Crippen LogP contribution < -0.4 is 16.2 Å². The number of nitrogens with zero attached hydrogens (tertiary/aromatic N) is 2. The van der Waals surface area contributed by atoms with E-state index in [0.717, 1.165) is 22.4 Å². The van der Waals surface area contributed by atoms with Crippen molar-refractivity contribution in [1.29, 1.82) is 0 Å². The zero-order valence-electron chi connectivity index (χ0n) is 16.3. The maximum Gasteiger partial charge on any atom is 0.125 e. The monoisotopic (exact) mass is 388 g/mol. The van der Waals surface area contributed by atoms with Gasteiger partial charge in [0.05, 0.1) is 0 Å². The Balaban J connectivity index is 0.00000364. The molecule has 2 aromatic rings. The predicted octanol–water partition coefficient (Wildman–Crippen LogP) is 3.91. The van der Waals surface area contributed by atoms with Gasteiger partial charge in [0.15, 0.2) is 0 Å². The Morgan fingerprint density at radius 2 is 1.19 bits per heavy atom. The number of benzene rings is 2. The Morgan fingerprint density at radius 1 is 0.778 bits per heavy atom. The molecule has 2 aromatic carbocycles. The summed E-state index contributed by atoms with van der Waals surface area (Å²) in [4.78, 5) is 8.70. The highest BCUT2D eigenvalue weighted by molar-refractivity contribution is 5.98. The molecule has 6 heteroatoms. The third-order valence-electron chi connectivity index (χ3n) is 3.60. The van der Waals surface area contributed by atoms with E-state index in [1.54, 1.807) is 0 Å². The first kappa shape index (κ1) is 22.5. The number of hydrogen-bond acceptors (Lipinski definition) is 3. The summed E-state index contributed by atoms with van der Waals surface area (Å²) in [6.45, 7) is 8.48. The van der Waals surface area contributed by atoms with Crippen LogP contribution in [0.3, 0.4) is 0 Å². The van der Waals surface area contributed by atoms with Gasteiger partial charge < -0.3 is 16.2 Å². The first-order valence-corrected chi connectivity index (χ1v) is 8.84. The summed E-state index contributed by atoms with van der Waals surface area (Å²) in [5.74, 6) is 1.89. The minimum atomic E-state index is 0. The lowest BCUT2D eigenvalue weighted by atomic mass is 10.1. The van der Waals surface area contributed by atoms with Crippen LogP contribution in [0.15, 0.2) is 58.5 Å². The number of halogens is 1. The Morgan fingerprint density at radius 3 is 1.59 bits per heavy atom. The third-order valence-corrected chi connectivity index (χ3v) is 3.60. The fourth-order valence-corrected chi connectivity index (χ4v) is 2.37. The molecule has 0 unspecified atom stereocenters. The molecule has 0 amide bonds. The molecule has 0 aromatic heterocycles. The van der Waals surface area contributed by atoms with Crippen LogP contribution in [-0.4, -0.2) is 23.8 Å². The molecule has 0 atom stereocenters. The first-order chi connectivity index (χ1) is 12.3. The van der Waals surface area contributed by atoms with Gasteiger partial charge in [-0.15, -0.1) is 12.4 Å². The van der Waals surface area contributed by atoms with E-state index in [2.05, 4.69) is 9.98 Å². The molecule has 0 radical (unpaired) electrons. The molecule has 0 aliphatic carbocycles. The summed E-state index contributed by atoms with van der Waals surface area (Å²) in [5.41, 5.74) is 14.8. The van der Waals surface area contributed by atoms with Crippen molar-refractivity contribution in [3.05, 3.63) is 65.2 Å². The molecular formula is C21H29ClN4O. The van der Waals surface area contributed by atoms with Gasteiger partial charge in [0.1, 0.15) is 24.0 Å². The Bertz CT molecular complexity index is 698. The molecule has 2 rings (SSSR count). The van der Waals surface area contributed by atoms with Crippen molar-refractivity contribution in [3.63, 3.8) is 0 Å². The molecule has 0 aliphatic heterocycles. The smallest absolute Gasteiger partial charge is 0.125 e. The lowest BCUT2D eigenvalue weighted by Gasteiger charge is -2.09. The second-order valence-electron chi connectivity index (χ2n) is 6.73. The number of aliphatic imine (C=N–C) groups is 2. The van der Waals surface area contributed by atoms with Gasteiger partial charge in [0.2, 0.25) is 0 Å². The lowest BCUT2D eigenvalue weighted by molar-refractivity contribution is 0.306. The molecule has 0 saturated heterocycles. The van der Waals surface area contributed by atoms with Gasteiger partial charge in [0, 0.05) is 23.2 Å². The maximum atomic E-state index is 5.98. The molecule has 5 nitrogen and oxygen atoms in total. The number of amidine groups is 2. The van der Waals surface area contributed by atoms with Crippen LogP contribution in [0, 0.1) is 0 Å². The van der Waals surface area contributed by atoms with Gasteiger partial charge in [0.25, 0.3) is 0 Å². The van der Waals surface area contributed by atoms with Gasteiger partial charge in [-0.1, -0.05) is 24.3 Å². The lowest BCUT2D eigenvalue weighted by Crippen LogP contribution is -2.15. The zero-order valence-corrected chi connectivity index (χ0v) is 17.2. The van der Waals surface area contributed by atoms with Crippen LogP contribution in [0.2, 0.25) is 0 Å². The molecule has 0 aliphatic rings. The quantitative estimate of drug-likeness (QED) is 0.556. The maximum absolute atomic E-state index is 5.98. The number of hydrogen-bond donors (Lipinski definition) is 2. The summed E-state index contributed by atoms with van der Waals surface area (Å²) in [6, 6.07) is 15.9. The van der Waals surface area contributed by atoms with Crippen LogP contribution in [0.1, 0.15) is 44.4 Å². The fraction of sp³-hybridized carbons (Fsp3) is 0.333. The van der Waals surface area contributed by atoms with Crippen LogP contribution in [0.5, 0.6) is 5.75 Å². The standard InChI is InChI=1S/C21H28N4O.ClH/c1-14(2)24-20(22)17-7-5-16(6-8-17)13-26-19-11-9-18(10-12-19)21(23)25-15(3)4;/h5-12,14-15H,13H2,1-4H3,(H2,22,24)(H2,23,25);1H. The summed E-state index contributed by atoms with van der Waals surface area (Å²) >= 11 is 0. The normalized spacial score (nSPS) is 12.2. The van der Waals surface area contributed by atoms with E-state index >= 15 is 0 Å². The van der Waals surface area contributed by atoms with Crippen molar-refractivity contribution < 1.29 is 4.74 Å². The molecule has 146 valence electrons. The Kier molecular flexibility index (Phi) is 8.82. The highest BCUT2D eigenvalue weighted by Gasteiger charge is 2.03. The Labute approximate surface area is 168 Å². The fourth-order valence-electron chi connectivity index (χ4n) is 2.37. The Hall–Kier alpha value is -2.53. The predicted molar refractivity (Wildman–Crippen MR) is 116 cm³/mol. The van der Waals surface area contributed by atoms with Gasteiger partial charge >= 0.3 is 0 Å². The van der Waals surface area contributed by atoms with Crippen molar-refractivity contribution in [2.24, 2.45) is 21.5 Å². The van der Waals surface area contributed by atoms with E-state index in [4.69, 9.17) is 16.2 Å². The number of nitrogens with two attached hydrogens (primary N) is 2. The largest absolute Gasteiger partial charge is 0.489 e. The molecule has 0 fully saturated rings.